The molecule has 0 aliphatic heterocycles. The number of nitrogens with two attached hydrogens (primary N) is 1. The normalized spacial score (nSPS) is 11.0. The molecule has 0 bridgehead atoms. The third-order valence-electron chi connectivity index (χ3n) is 2.18. The molecule has 0 aliphatic rings. The van der Waals surface area contributed by atoms with Gasteiger partial charge in [0.25, 0.3) is 0 Å². The largest absolute Gasteiger partial charge is 0.464 e. The fraction of sp³-hybridized carbons (Fsp3) is 0.364. The Bertz CT molecular complexity index is 510. The van der Waals surface area contributed by atoms with Crippen molar-refractivity contribution in [1.29, 1.82) is 0 Å². The monoisotopic (exact) mass is 272 g/mol. The number of rotatable bonds is 5. The molecule has 0 saturated heterocycles. The maximum Gasteiger partial charge on any atom is 0.302 e. The standard InChI is InChI=1S/C11H16N2O4S/c1-9(14)17-8-7-13(18(2,15)16)11-5-3-10(12)4-6-11/h3-6H,7-8,12H2,1-2H3. The van der Waals surface area contributed by atoms with Crippen LogP contribution in [0.4, 0.5) is 11.4 Å². The highest BCUT2D eigenvalue weighted by Gasteiger charge is 2.17. The van der Waals surface area contributed by atoms with Crippen molar-refractivity contribution in [2.75, 3.05) is 29.4 Å². The van der Waals surface area contributed by atoms with Crippen molar-refractivity contribution in [3.05, 3.63) is 24.3 Å². The van der Waals surface area contributed by atoms with Crippen LogP contribution in [0, 0.1) is 0 Å². The number of carbonyl (C=O) groups excluding carboxylic acids is 1. The van der Waals surface area contributed by atoms with E-state index in [1.165, 1.54) is 6.92 Å². The molecule has 0 spiro atoms. The molecule has 0 fully saturated rings. The van der Waals surface area contributed by atoms with Gasteiger partial charge in [-0.2, -0.15) is 0 Å². The zero-order valence-electron chi connectivity index (χ0n) is 10.3. The molecule has 0 atom stereocenters. The average Bonchev–Trinajstić information content (AvgIpc) is 2.24. The first-order valence-corrected chi connectivity index (χ1v) is 7.12. The van der Waals surface area contributed by atoms with Gasteiger partial charge in [0.2, 0.25) is 10.0 Å². The number of ether oxygens (including phenoxy) is 1. The molecule has 100 valence electrons. The van der Waals surface area contributed by atoms with Gasteiger partial charge in [0, 0.05) is 12.6 Å². The molecule has 2 N–H and O–H groups in total. The number of carbonyl (C=O) groups is 1. The minimum atomic E-state index is -3.43. The molecule has 0 amide bonds. The summed E-state index contributed by atoms with van der Waals surface area (Å²) in [6, 6.07) is 6.42. The van der Waals surface area contributed by atoms with Gasteiger partial charge in [0.1, 0.15) is 6.61 Å². The zero-order chi connectivity index (χ0) is 13.8. The zero-order valence-corrected chi connectivity index (χ0v) is 11.1. The van der Waals surface area contributed by atoms with E-state index in [0.717, 1.165) is 10.6 Å². The summed E-state index contributed by atoms with van der Waals surface area (Å²) in [6.45, 7) is 1.35. The Morgan fingerprint density at radius 1 is 1.33 bits per heavy atom. The summed E-state index contributed by atoms with van der Waals surface area (Å²) in [6.07, 6.45) is 1.09. The van der Waals surface area contributed by atoms with Crippen LogP contribution in [0.3, 0.4) is 0 Å². The van der Waals surface area contributed by atoms with Gasteiger partial charge in [0.05, 0.1) is 18.5 Å². The molecule has 0 heterocycles. The second-order valence-corrected chi connectivity index (χ2v) is 5.67. The van der Waals surface area contributed by atoms with Crippen LogP contribution in [-0.4, -0.2) is 33.8 Å². The summed E-state index contributed by atoms with van der Waals surface area (Å²) >= 11 is 0. The van der Waals surface area contributed by atoms with Crippen LogP contribution in [0.5, 0.6) is 0 Å². The van der Waals surface area contributed by atoms with E-state index >= 15 is 0 Å². The highest BCUT2D eigenvalue weighted by Crippen LogP contribution is 2.18. The molecule has 1 aromatic rings. The van der Waals surface area contributed by atoms with Crippen molar-refractivity contribution >= 4 is 27.4 Å². The topological polar surface area (TPSA) is 89.7 Å². The summed E-state index contributed by atoms with van der Waals surface area (Å²) in [7, 11) is -3.43. The average molecular weight is 272 g/mol. The van der Waals surface area contributed by atoms with Gasteiger partial charge in [0.15, 0.2) is 0 Å². The Kier molecular flexibility index (Phi) is 4.55. The minimum absolute atomic E-state index is 0.00673. The van der Waals surface area contributed by atoms with Crippen molar-refractivity contribution in [3.8, 4) is 0 Å². The molecule has 7 heteroatoms. The Morgan fingerprint density at radius 2 is 1.89 bits per heavy atom. The molecule has 0 saturated carbocycles. The highest BCUT2D eigenvalue weighted by atomic mass is 32.2. The first kappa shape index (κ1) is 14.3. The number of nitrogen functional groups attached to an aromatic ring is 1. The van der Waals surface area contributed by atoms with E-state index in [4.69, 9.17) is 10.5 Å². The molecule has 1 aromatic carbocycles. The van der Waals surface area contributed by atoms with E-state index in [2.05, 4.69) is 0 Å². The predicted octanol–water partition coefficient (Wildman–Crippen LogP) is 0.598. The van der Waals surface area contributed by atoms with Gasteiger partial charge in [-0.15, -0.1) is 0 Å². The molecular formula is C11H16N2O4S. The molecule has 0 radical (unpaired) electrons. The van der Waals surface area contributed by atoms with Crippen molar-refractivity contribution in [3.63, 3.8) is 0 Å². The highest BCUT2D eigenvalue weighted by molar-refractivity contribution is 7.92. The number of hydrogen-bond donors (Lipinski definition) is 1. The summed E-state index contributed by atoms with van der Waals surface area (Å²) in [5, 5.41) is 0. The predicted molar refractivity (Wildman–Crippen MR) is 69.7 cm³/mol. The van der Waals surface area contributed by atoms with Crippen molar-refractivity contribution in [2.45, 2.75) is 6.92 Å². The quantitative estimate of drug-likeness (QED) is 0.626. The summed E-state index contributed by atoms with van der Waals surface area (Å²) in [5.74, 6) is -0.444. The van der Waals surface area contributed by atoms with Gasteiger partial charge in [-0.1, -0.05) is 0 Å². The SMILES string of the molecule is CC(=O)OCCN(c1ccc(N)cc1)S(C)(=O)=O. The van der Waals surface area contributed by atoms with Crippen LogP contribution in [-0.2, 0) is 19.6 Å². The van der Waals surface area contributed by atoms with Gasteiger partial charge in [-0.05, 0) is 24.3 Å². The molecule has 0 aromatic heterocycles. The Balaban J connectivity index is 2.86. The Labute approximate surface area is 106 Å². The molecular weight excluding hydrogens is 256 g/mol. The Hall–Kier alpha value is -1.76. The maximum absolute atomic E-state index is 11.6. The third-order valence-corrected chi connectivity index (χ3v) is 3.38. The van der Waals surface area contributed by atoms with Crippen LogP contribution in [0.15, 0.2) is 24.3 Å². The van der Waals surface area contributed by atoms with Crippen LogP contribution in [0.1, 0.15) is 6.92 Å². The van der Waals surface area contributed by atoms with E-state index in [9.17, 15) is 13.2 Å². The van der Waals surface area contributed by atoms with Crippen LogP contribution < -0.4 is 10.0 Å². The molecule has 0 unspecified atom stereocenters. The van der Waals surface area contributed by atoms with E-state index in [1.54, 1.807) is 24.3 Å². The van der Waals surface area contributed by atoms with Crippen LogP contribution in [0.2, 0.25) is 0 Å². The number of esters is 1. The van der Waals surface area contributed by atoms with E-state index in [1.807, 2.05) is 0 Å². The lowest BCUT2D eigenvalue weighted by Crippen LogP contribution is -2.33. The third kappa shape index (κ3) is 4.25. The second kappa shape index (κ2) is 5.72. The number of sulfonamides is 1. The summed E-state index contributed by atoms with van der Waals surface area (Å²) < 4.78 is 29.2. The lowest BCUT2D eigenvalue weighted by Gasteiger charge is -2.22. The smallest absolute Gasteiger partial charge is 0.302 e. The number of nitrogens with zero attached hydrogens (tertiary/aromatic N) is 1. The number of anilines is 2. The lowest BCUT2D eigenvalue weighted by molar-refractivity contribution is -0.140. The van der Waals surface area contributed by atoms with Gasteiger partial charge in [-0.3, -0.25) is 9.10 Å². The first-order valence-electron chi connectivity index (χ1n) is 5.27. The van der Waals surface area contributed by atoms with Gasteiger partial charge in [-0.25, -0.2) is 8.42 Å². The Morgan fingerprint density at radius 3 is 2.33 bits per heavy atom. The molecule has 1 rings (SSSR count). The van der Waals surface area contributed by atoms with E-state index < -0.39 is 16.0 Å². The van der Waals surface area contributed by atoms with E-state index in [-0.39, 0.29) is 13.2 Å². The molecule has 6 nitrogen and oxygen atoms in total. The molecule has 18 heavy (non-hydrogen) atoms. The maximum atomic E-state index is 11.6. The summed E-state index contributed by atoms with van der Waals surface area (Å²) in [4.78, 5) is 10.6. The fourth-order valence-electron chi connectivity index (χ4n) is 1.40. The van der Waals surface area contributed by atoms with Crippen molar-refractivity contribution in [1.82, 2.24) is 0 Å². The minimum Gasteiger partial charge on any atom is -0.464 e. The summed E-state index contributed by atoms with van der Waals surface area (Å²) in [5.41, 5.74) is 6.57. The van der Waals surface area contributed by atoms with E-state index in [0.29, 0.717) is 11.4 Å². The lowest BCUT2D eigenvalue weighted by atomic mass is 10.3. The van der Waals surface area contributed by atoms with Crippen LogP contribution in [0.25, 0.3) is 0 Å². The first-order chi connectivity index (χ1) is 8.30. The number of benzene rings is 1. The second-order valence-electron chi connectivity index (χ2n) is 3.77. The van der Waals surface area contributed by atoms with Crippen LogP contribution >= 0.6 is 0 Å². The van der Waals surface area contributed by atoms with Gasteiger partial charge < -0.3 is 10.5 Å². The number of hydrogen-bond acceptors (Lipinski definition) is 5. The van der Waals surface area contributed by atoms with Crippen molar-refractivity contribution < 1.29 is 17.9 Å². The van der Waals surface area contributed by atoms with Crippen molar-refractivity contribution in [2.24, 2.45) is 0 Å². The van der Waals surface area contributed by atoms with Gasteiger partial charge >= 0.3 is 5.97 Å². The fourth-order valence-corrected chi connectivity index (χ4v) is 2.31. The molecule has 0 aliphatic carbocycles.